The van der Waals surface area contributed by atoms with E-state index in [2.05, 4.69) is 41.9 Å². The molecule has 4 aromatic rings. The van der Waals surface area contributed by atoms with Crippen LogP contribution in [0.2, 0.25) is 0 Å². The summed E-state index contributed by atoms with van der Waals surface area (Å²) in [5.41, 5.74) is 25.1. The molecule has 22 heteroatoms. The van der Waals surface area contributed by atoms with Crippen LogP contribution in [0.15, 0.2) is 131 Å². The average Bonchev–Trinajstić information content (AvgIpc) is 1.07. The highest BCUT2D eigenvalue weighted by molar-refractivity contribution is 6.29. The fourth-order valence-electron chi connectivity index (χ4n) is 11.1. The second-order valence-corrected chi connectivity index (χ2v) is 24.7. The predicted molar refractivity (Wildman–Crippen MR) is 376 cm³/mol. The summed E-state index contributed by atoms with van der Waals surface area (Å²) in [6, 6.07) is 31.4. The Balaban J connectivity index is 1.09. The number of amides is 6. The molecule has 94 heavy (non-hydrogen) atoms. The van der Waals surface area contributed by atoms with E-state index in [0.29, 0.717) is 25.7 Å². The Morgan fingerprint density at radius 3 is 0.766 bits per heavy atom. The first-order valence-electron chi connectivity index (χ1n) is 33.8. The monoisotopic (exact) mass is 1330 g/mol. The van der Waals surface area contributed by atoms with Crippen molar-refractivity contribution < 1.29 is 38.4 Å². The van der Waals surface area contributed by atoms with Crippen molar-refractivity contribution in [2.24, 2.45) is 32.9 Å². The molecule has 14 N–H and O–H groups in total. The zero-order chi connectivity index (χ0) is 68.0. The van der Waals surface area contributed by atoms with Gasteiger partial charge in [-0.1, -0.05) is 224 Å². The number of benzene rings is 4. The maximum absolute atomic E-state index is 14.1. The van der Waals surface area contributed by atoms with E-state index >= 15 is 0 Å². The smallest absolute Gasteiger partial charge is 0.243 e. The molecule has 0 fully saturated rings. The zero-order valence-corrected chi connectivity index (χ0v) is 56.4. The second kappa shape index (κ2) is 47.9. The first-order valence-corrected chi connectivity index (χ1v) is 34.9. The summed E-state index contributed by atoms with van der Waals surface area (Å²) in [6.45, 7) is 0.523. The minimum Gasteiger partial charge on any atom is -0.370 e. The fraction of sp³-hybridized carbons (Fsp3) is 0.528. The highest BCUT2D eigenvalue weighted by Crippen LogP contribution is 2.17. The van der Waals surface area contributed by atoms with Crippen molar-refractivity contribution in [1.82, 2.24) is 31.9 Å². The number of aliphatic imine (C=N–C) groups is 2. The van der Waals surface area contributed by atoms with Gasteiger partial charge < -0.3 is 54.8 Å². The Hall–Kier alpha value is -7.84. The van der Waals surface area contributed by atoms with Gasteiger partial charge in [0.15, 0.2) is 23.5 Å². The van der Waals surface area contributed by atoms with Crippen LogP contribution < -0.4 is 54.8 Å². The molecule has 0 aliphatic heterocycles. The molecule has 20 nitrogen and oxygen atoms in total. The van der Waals surface area contributed by atoms with E-state index in [4.69, 9.17) is 46.1 Å². The first-order chi connectivity index (χ1) is 45.5. The van der Waals surface area contributed by atoms with Crippen LogP contribution in [0.25, 0.3) is 0 Å². The van der Waals surface area contributed by atoms with Crippen LogP contribution in [-0.4, -0.2) is 120 Å². The molecule has 4 aromatic carbocycles. The number of hydrogen-bond donors (Lipinski definition) is 10. The van der Waals surface area contributed by atoms with Crippen molar-refractivity contribution in [2.45, 2.75) is 216 Å². The van der Waals surface area contributed by atoms with Gasteiger partial charge in [0.05, 0.1) is 23.8 Å². The van der Waals surface area contributed by atoms with Gasteiger partial charge in [-0.2, -0.15) is 0 Å². The third kappa shape index (κ3) is 34.9. The van der Waals surface area contributed by atoms with Crippen LogP contribution in [0, 0.1) is 0 Å². The molecule has 0 radical (unpaired) electrons. The molecule has 6 atom stereocenters. The Kier molecular flexibility index (Phi) is 40.1. The van der Waals surface area contributed by atoms with E-state index in [1.54, 1.807) is 0 Å². The number of unbranched alkanes of at least 4 members (excludes halogenated alkanes) is 17. The van der Waals surface area contributed by atoms with Crippen LogP contribution in [0.4, 0.5) is 0 Å². The van der Waals surface area contributed by atoms with E-state index < -0.39 is 59.9 Å². The van der Waals surface area contributed by atoms with Crippen molar-refractivity contribution in [2.75, 3.05) is 24.8 Å². The average molecular weight is 1340 g/mol. The number of alkyl halides is 2. The van der Waals surface area contributed by atoms with Gasteiger partial charge in [0.25, 0.3) is 0 Å². The Morgan fingerprint density at radius 2 is 0.532 bits per heavy atom. The fourth-order valence-corrected chi connectivity index (χ4v) is 11.5. The van der Waals surface area contributed by atoms with Gasteiger partial charge in [0.1, 0.15) is 24.2 Å². The standard InChI is InChI=1S/C72H104Cl2N12O8/c73-51-63(87)57(41-31-45-79-71(75)76)83-69(93)61(49-55-37-25-19-26-38-55)85-67(91)59(47-53-33-21-17-22-34-53)81-65(89)43-29-15-13-11-9-7-5-3-1-2-4-6-8-10-12-14-16-30-44-66(90)82-60(48-54-35-23-18-24-36-54)68(92)86-62(50-56-39-27-20-28-40-56)70(94)84-58(64(88)52-74)42-32-46-80-72(77)78/h17-28,33-40,57-62H,1-16,29-32,41-52H2,(H,81,89)(H,82,90)(H,83,93)(H,84,94)(H,85,91)(H,86,92)(H4,75,76,79)(H4,77,78,80)/t57-,58-,59-,60-,61-,62-/m0/s1. The zero-order valence-electron chi connectivity index (χ0n) is 54.9. The molecule has 0 unspecified atom stereocenters. The van der Waals surface area contributed by atoms with Crippen molar-refractivity contribution in [3.05, 3.63) is 144 Å². The first kappa shape index (κ1) is 78.6. The predicted octanol–water partition coefficient (Wildman–Crippen LogP) is 8.39. The van der Waals surface area contributed by atoms with Gasteiger partial charge in [-0.05, 0) is 60.8 Å². The lowest BCUT2D eigenvalue weighted by Crippen LogP contribution is -2.57. The van der Waals surface area contributed by atoms with Gasteiger partial charge in [-0.3, -0.25) is 48.3 Å². The van der Waals surface area contributed by atoms with Crippen molar-refractivity contribution >= 4 is 82.1 Å². The lowest BCUT2D eigenvalue weighted by atomic mass is 10.0. The van der Waals surface area contributed by atoms with Gasteiger partial charge in [-0.25, -0.2) is 0 Å². The lowest BCUT2D eigenvalue weighted by Gasteiger charge is -2.25. The summed E-state index contributed by atoms with van der Waals surface area (Å²) in [6.07, 6.45) is 22.1. The molecule has 0 aromatic heterocycles. The van der Waals surface area contributed by atoms with Crippen LogP contribution in [-0.2, 0) is 64.0 Å². The van der Waals surface area contributed by atoms with E-state index in [1.165, 1.54) is 51.4 Å². The number of nitrogens with one attached hydrogen (secondary N) is 6. The minimum absolute atomic E-state index is 0.0768. The summed E-state index contributed by atoms with van der Waals surface area (Å²) in [7, 11) is 0. The number of rotatable bonds is 51. The van der Waals surface area contributed by atoms with Gasteiger partial charge in [0, 0.05) is 51.6 Å². The molecule has 0 aliphatic carbocycles. The molecule has 0 saturated heterocycles. The van der Waals surface area contributed by atoms with Gasteiger partial charge in [-0.15, -0.1) is 23.2 Å². The van der Waals surface area contributed by atoms with Crippen LogP contribution in [0.1, 0.15) is 176 Å². The van der Waals surface area contributed by atoms with Gasteiger partial charge >= 0.3 is 0 Å². The molecule has 0 heterocycles. The number of hydrogen-bond acceptors (Lipinski definition) is 10. The van der Waals surface area contributed by atoms with E-state index in [-0.39, 0.29) is 112 Å². The molecular weight excluding hydrogens is 1230 g/mol. The van der Waals surface area contributed by atoms with E-state index in [9.17, 15) is 38.4 Å². The maximum Gasteiger partial charge on any atom is 0.243 e. The van der Waals surface area contributed by atoms with Crippen LogP contribution in [0.3, 0.4) is 0 Å². The topological polar surface area (TPSA) is 338 Å². The Morgan fingerprint density at radius 1 is 0.309 bits per heavy atom. The number of nitrogens with zero attached hydrogens (tertiary/aromatic N) is 2. The number of nitrogens with two attached hydrogens (primary N) is 4. The molecule has 514 valence electrons. The summed E-state index contributed by atoms with van der Waals surface area (Å²) in [5, 5.41) is 17.3. The summed E-state index contributed by atoms with van der Waals surface area (Å²) < 4.78 is 0. The quantitative estimate of drug-likeness (QED) is 0.00862. The molecule has 0 bridgehead atoms. The lowest BCUT2D eigenvalue weighted by molar-refractivity contribution is -0.133. The summed E-state index contributed by atoms with van der Waals surface area (Å²) in [4.78, 5) is 116. The highest BCUT2D eigenvalue weighted by atomic mass is 35.5. The summed E-state index contributed by atoms with van der Waals surface area (Å²) in [5.74, 6) is -4.13. The Bertz CT molecular complexity index is 2710. The summed E-state index contributed by atoms with van der Waals surface area (Å²) >= 11 is 11.9. The van der Waals surface area contributed by atoms with Crippen molar-refractivity contribution in [3.63, 3.8) is 0 Å². The highest BCUT2D eigenvalue weighted by Gasteiger charge is 2.32. The third-order valence-electron chi connectivity index (χ3n) is 16.3. The largest absolute Gasteiger partial charge is 0.370 e. The molecule has 0 saturated carbocycles. The van der Waals surface area contributed by atoms with Crippen LogP contribution >= 0.6 is 23.2 Å². The SMILES string of the molecule is NC(N)=NCCC[C@H](NC(=O)[C@H](Cc1ccccc1)NC(=O)[C@H](Cc1ccccc1)NC(=O)CCCCCCCCCCCCCCCCCCCCC(=O)N[C@@H](Cc1ccccc1)C(=O)N[C@@H](Cc1ccccc1)C(=O)N[C@@H](CCCN=C(N)N)C(=O)CCl)C(=O)CCl. The van der Waals surface area contributed by atoms with Crippen molar-refractivity contribution in [1.29, 1.82) is 0 Å². The number of guanidine groups is 2. The van der Waals surface area contributed by atoms with Crippen molar-refractivity contribution in [3.8, 4) is 0 Å². The van der Waals surface area contributed by atoms with Gasteiger partial charge in [0.2, 0.25) is 35.4 Å². The number of Topliss-reactive ketones (excluding diaryl/α,β-unsaturated/α-hetero) is 2. The molecule has 6 amide bonds. The molecule has 0 spiro atoms. The minimum atomic E-state index is -1.06. The molecule has 0 aliphatic rings. The Labute approximate surface area is 566 Å². The molecule has 4 rings (SSSR count). The number of carbonyl (C=O) groups is 8. The van der Waals surface area contributed by atoms with E-state index in [1.807, 2.05) is 121 Å². The molecular formula is C72H104Cl2N12O8. The maximum atomic E-state index is 14.1. The van der Waals surface area contributed by atoms with E-state index in [0.717, 1.165) is 73.6 Å². The normalized spacial score (nSPS) is 12.9. The number of ketones is 2. The number of halogens is 2. The number of carbonyl (C=O) groups excluding carboxylic acids is 8. The van der Waals surface area contributed by atoms with Crippen LogP contribution in [0.5, 0.6) is 0 Å². The third-order valence-corrected chi connectivity index (χ3v) is 16.8. The second-order valence-electron chi connectivity index (χ2n) is 24.2.